The maximum Gasteiger partial charge on any atom is 0.343 e. The lowest BCUT2D eigenvalue weighted by atomic mass is 9.97. The Morgan fingerprint density at radius 1 is 0.793 bits per heavy atom. The fourth-order valence-corrected chi connectivity index (χ4v) is 3.39. The van der Waals surface area contributed by atoms with E-state index < -0.39 is 0 Å². The lowest BCUT2D eigenvalue weighted by Crippen LogP contribution is -2.08. The van der Waals surface area contributed by atoms with Crippen molar-refractivity contribution in [2.45, 2.75) is 78.1 Å². The average molecular weight is 397 g/mol. The maximum atomic E-state index is 12.4. The predicted octanol–water partition coefficient (Wildman–Crippen LogP) is 7.55. The normalized spacial score (nSPS) is 11.8. The Morgan fingerprint density at radius 3 is 2.07 bits per heavy atom. The van der Waals surface area contributed by atoms with Gasteiger partial charge in [-0.2, -0.15) is 0 Å². The second-order valence-electron chi connectivity index (χ2n) is 7.79. The zero-order chi connectivity index (χ0) is 20.9. The molecule has 0 aliphatic heterocycles. The highest BCUT2D eigenvalue weighted by atomic mass is 16.5. The molecule has 0 spiro atoms. The second kappa shape index (κ2) is 13.0. The Labute approximate surface area is 176 Å². The lowest BCUT2D eigenvalue weighted by Gasteiger charge is -2.11. The third kappa shape index (κ3) is 8.31. The summed E-state index contributed by atoms with van der Waals surface area (Å²) in [5.74, 6) is 1.55. The number of carbonyl (C=O) groups excluding carboxylic acids is 1. The summed E-state index contributed by atoms with van der Waals surface area (Å²) in [4.78, 5) is 12.4. The van der Waals surface area contributed by atoms with Crippen molar-refractivity contribution in [2.75, 3.05) is 6.61 Å². The van der Waals surface area contributed by atoms with Gasteiger partial charge in [-0.05, 0) is 60.7 Å². The Morgan fingerprint density at radius 2 is 1.41 bits per heavy atom. The van der Waals surface area contributed by atoms with E-state index >= 15 is 0 Å². The molecule has 0 aromatic heterocycles. The molecule has 3 heteroatoms. The number of unbranched alkanes of at least 4 members (excludes halogenated alkanes) is 5. The van der Waals surface area contributed by atoms with Crippen molar-refractivity contribution >= 4 is 5.97 Å². The van der Waals surface area contributed by atoms with Crippen LogP contribution in [0.3, 0.4) is 0 Å². The zero-order valence-electron chi connectivity index (χ0n) is 18.3. The highest BCUT2D eigenvalue weighted by Gasteiger charge is 2.10. The maximum absolute atomic E-state index is 12.4. The first-order valence-corrected chi connectivity index (χ1v) is 11.2. The second-order valence-corrected chi connectivity index (χ2v) is 7.79. The Kier molecular flexibility index (Phi) is 10.3. The summed E-state index contributed by atoms with van der Waals surface area (Å²) in [5.41, 5.74) is 1.80. The van der Waals surface area contributed by atoms with Crippen LogP contribution in [0.15, 0.2) is 48.5 Å². The van der Waals surface area contributed by atoms with E-state index in [9.17, 15) is 4.79 Å². The molecule has 0 radical (unpaired) electrons. The van der Waals surface area contributed by atoms with E-state index in [0.717, 1.165) is 31.6 Å². The molecule has 0 heterocycles. The molecule has 0 fully saturated rings. The van der Waals surface area contributed by atoms with Gasteiger partial charge in [0.05, 0.1) is 12.2 Å². The van der Waals surface area contributed by atoms with Crippen molar-refractivity contribution in [3.05, 3.63) is 59.7 Å². The topological polar surface area (TPSA) is 35.5 Å². The molecule has 0 N–H and O–H groups in total. The van der Waals surface area contributed by atoms with Crippen LogP contribution in [0.25, 0.3) is 0 Å². The molecule has 0 saturated carbocycles. The van der Waals surface area contributed by atoms with Gasteiger partial charge in [0.1, 0.15) is 11.5 Å². The molecule has 0 unspecified atom stereocenters. The number of hydrogen-bond acceptors (Lipinski definition) is 3. The highest BCUT2D eigenvalue weighted by molar-refractivity contribution is 5.91. The number of rotatable bonds is 13. The number of carbonyl (C=O) groups is 1. The number of benzene rings is 2. The van der Waals surface area contributed by atoms with Crippen LogP contribution in [0.2, 0.25) is 0 Å². The SMILES string of the molecule is CCCCCCCCOc1ccc(C(=O)Oc2ccc([C@@H](C)CCC)cc2)cc1. The van der Waals surface area contributed by atoms with Gasteiger partial charge in [0.15, 0.2) is 0 Å². The van der Waals surface area contributed by atoms with Crippen molar-refractivity contribution in [3.8, 4) is 11.5 Å². The van der Waals surface area contributed by atoms with E-state index in [4.69, 9.17) is 9.47 Å². The molecule has 158 valence electrons. The predicted molar refractivity (Wildman–Crippen MR) is 120 cm³/mol. The van der Waals surface area contributed by atoms with E-state index in [0.29, 0.717) is 17.2 Å². The van der Waals surface area contributed by atoms with Crippen molar-refractivity contribution < 1.29 is 14.3 Å². The summed E-state index contributed by atoms with van der Waals surface area (Å²) in [5, 5.41) is 0. The highest BCUT2D eigenvalue weighted by Crippen LogP contribution is 2.23. The molecule has 2 aromatic carbocycles. The van der Waals surface area contributed by atoms with Crippen LogP contribution in [0.5, 0.6) is 11.5 Å². The fraction of sp³-hybridized carbons (Fsp3) is 0.500. The molecule has 0 amide bonds. The van der Waals surface area contributed by atoms with E-state index in [2.05, 4.69) is 20.8 Å². The monoisotopic (exact) mass is 396 g/mol. The molecular weight excluding hydrogens is 360 g/mol. The molecule has 29 heavy (non-hydrogen) atoms. The number of esters is 1. The van der Waals surface area contributed by atoms with E-state index in [-0.39, 0.29) is 5.97 Å². The summed E-state index contributed by atoms with van der Waals surface area (Å²) in [6, 6.07) is 15.0. The fourth-order valence-electron chi connectivity index (χ4n) is 3.39. The van der Waals surface area contributed by atoms with E-state index in [1.807, 2.05) is 36.4 Å². The Hall–Kier alpha value is -2.29. The van der Waals surface area contributed by atoms with Gasteiger partial charge in [-0.25, -0.2) is 4.79 Å². The average Bonchev–Trinajstić information content (AvgIpc) is 2.74. The zero-order valence-corrected chi connectivity index (χ0v) is 18.3. The summed E-state index contributed by atoms with van der Waals surface area (Å²) >= 11 is 0. The van der Waals surface area contributed by atoms with Gasteiger partial charge >= 0.3 is 5.97 Å². The van der Waals surface area contributed by atoms with Gasteiger partial charge in [-0.1, -0.05) is 71.4 Å². The van der Waals surface area contributed by atoms with Crippen LogP contribution >= 0.6 is 0 Å². The van der Waals surface area contributed by atoms with Crippen molar-refractivity contribution in [2.24, 2.45) is 0 Å². The Balaban J connectivity index is 1.77. The summed E-state index contributed by atoms with van der Waals surface area (Å²) in [7, 11) is 0. The van der Waals surface area contributed by atoms with Crippen LogP contribution < -0.4 is 9.47 Å². The quantitative estimate of drug-likeness (QED) is 0.199. The smallest absolute Gasteiger partial charge is 0.343 e. The largest absolute Gasteiger partial charge is 0.494 e. The number of ether oxygens (including phenoxy) is 2. The molecule has 0 aliphatic rings. The minimum Gasteiger partial charge on any atom is -0.494 e. The van der Waals surface area contributed by atoms with Gasteiger partial charge in [0.25, 0.3) is 0 Å². The molecule has 3 nitrogen and oxygen atoms in total. The third-order valence-corrected chi connectivity index (χ3v) is 5.24. The molecule has 1 atom stereocenters. The number of hydrogen-bond donors (Lipinski definition) is 0. The molecule has 0 saturated heterocycles. The molecule has 2 aromatic rings. The minimum atomic E-state index is -0.346. The van der Waals surface area contributed by atoms with Crippen LogP contribution in [-0.4, -0.2) is 12.6 Å². The van der Waals surface area contributed by atoms with Gasteiger partial charge in [0, 0.05) is 0 Å². The van der Waals surface area contributed by atoms with Crippen LogP contribution in [0, 0.1) is 0 Å². The molecular formula is C26H36O3. The Bertz CT molecular complexity index is 704. The summed E-state index contributed by atoms with van der Waals surface area (Å²) in [6.07, 6.45) is 9.79. The first kappa shape index (κ1) is 23.0. The third-order valence-electron chi connectivity index (χ3n) is 5.24. The lowest BCUT2D eigenvalue weighted by molar-refractivity contribution is 0.0734. The first-order chi connectivity index (χ1) is 14.1. The summed E-state index contributed by atoms with van der Waals surface area (Å²) in [6.45, 7) is 7.37. The minimum absolute atomic E-state index is 0.346. The van der Waals surface area contributed by atoms with Crippen molar-refractivity contribution in [3.63, 3.8) is 0 Å². The van der Waals surface area contributed by atoms with Crippen molar-refractivity contribution in [1.82, 2.24) is 0 Å². The molecule has 0 aliphatic carbocycles. The molecule has 2 rings (SSSR count). The van der Waals surface area contributed by atoms with Gasteiger partial charge in [-0.3, -0.25) is 0 Å². The standard InChI is InChI=1S/C26H36O3/c1-4-6-7-8-9-10-20-28-24-16-14-23(15-17-24)26(27)29-25-18-12-22(13-19-25)21(3)11-5-2/h12-19,21H,4-11,20H2,1-3H3/t21-/m0/s1. The summed E-state index contributed by atoms with van der Waals surface area (Å²) < 4.78 is 11.3. The van der Waals surface area contributed by atoms with Crippen LogP contribution in [0.4, 0.5) is 0 Å². The van der Waals surface area contributed by atoms with Gasteiger partial charge in [-0.15, -0.1) is 0 Å². The first-order valence-electron chi connectivity index (χ1n) is 11.2. The van der Waals surface area contributed by atoms with Gasteiger partial charge in [0.2, 0.25) is 0 Å². The van der Waals surface area contributed by atoms with Gasteiger partial charge < -0.3 is 9.47 Å². The van der Waals surface area contributed by atoms with E-state index in [1.165, 1.54) is 37.7 Å². The van der Waals surface area contributed by atoms with E-state index in [1.54, 1.807) is 12.1 Å². The van der Waals surface area contributed by atoms with Crippen LogP contribution in [-0.2, 0) is 0 Å². The van der Waals surface area contributed by atoms with Crippen LogP contribution in [0.1, 0.15) is 94.0 Å². The molecule has 0 bridgehead atoms. The van der Waals surface area contributed by atoms with Crippen molar-refractivity contribution in [1.29, 1.82) is 0 Å².